The summed E-state index contributed by atoms with van der Waals surface area (Å²) in [5, 5.41) is 36.3. The van der Waals surface area contributed by atoms with Crippen LogP contribution >= 0.6 is 29.4 Å². The van der Waals surface area contributed by atoms with Crippen molar-refractivity contribution in [2.24, 2.45) is 0 Å². The molecular formula is C49H57N8O13PS2. The smallest absolute Gasteiger partial charge is 0.466 e. The summed E-state index contributed by atoms with van der Waals surface area (Å²) in [5.41, 5.74) is 6.15. The van der Waals surface area contributed by atoms with E-state index in [4.69, 9.17) is 38.2 Å². The fourth-order valence-corrected chi connectivity index (χ4v) is 11.5. The van der Waals surface area contributed by atoms with Crippen LogP contribution in [-0.2, 0) is 48.5 Å². The van der Waals surface area contributed by atoms with Crippen LogP contribution < -0.4 is 16.0 Å². The molecule has 1 aliphatic heterocycles. The number of hydrogen-bond donors (Lipinski definition) is 5. The Bertz CT molecular complexity index is 2700. The molecule has 4 atom stereocenters. The number of amides is 3. The van der Waals surface area contributed by atoms with E-state index in [1.54, 1.807) is 50.4 Å². The fourth-order valence-electron chi connectivity index (χ4n) is 7.94. The van der Waals surface area contributed by atoms with Gasteiger partial charge in [0, 0.05) is 55.5 Å². The van der Waals surface area contributed by atoms with Gasteiger partial charge in [0.05, 0.1) is 51.7 Å². The average molecular weight is 1060 g/mol. The summed E-state index contributed by atoms with van der Waals surface area (Å²) in [5.74, 6) is 0.196. The molecule has 1 aliphatic carbocycles. The first-order valence-corrected chi connectivity index (χ1v) is 27.7. The summed E-state index contributed by atoms with van der Waals surface area (Å²) in [7, 11) is -1.13. The first kappa shape index (κ1) is 54.8. The van der Waals surface area contributed by atoms with Crippen molar-refractivity contribution in [2.75, 3.05) is 63.0 Å². The van der Waals surface area contributed by atoms with Gasteiger partial charge in [-0.1, -0.05) is 82.3 Å². The largest absolute Gasteiger partial charge is 0.475 e. The van der Waals surface area contributed by atoms with E-state index in [0.29, 0.717) is 48.5 Å². The maximum absolute atomic E-state index is 13.9. The van der Waals surface area contributed by atoms with Crippen molar-refractivity contribution in [3.05, 3.63) is 108 Å². The van der Waals surface area contributed by atoms with Gasteiger partial charge in [0.15, 0.2) is 17.0 Å². The van der Waals surface area contributed by atoms with E-state index < -0.39 is 50.8 Å². The SMILES string of the molecule is N#CCCOP(=O)(OCCCSSCCCOC(=O)CCC(=O)NCCCO)OC1C[C@H](n2cnc3c(NC(=O)c4ccc(CNC(=O)OCC5c6ccccc6-c6ccccc65)cc4)ncnc32)O[C@@H]1CO. The van der Waals surface area contributed by atoms with Crippen LogP contribution in [0.1, 0.15) is 84.1 Å². The van der Waals surface area contributed by atoms with Crippen molar-refractivity contribution in [3.63, 3.8) is 0 Å². The summed E-state index contributed by atoms with van der Waals surface area (Å²) in [6.45, 7) is 0.213. The highest BCUT2D eigenvalue weighted by Gasteiger charge is 2.43. The van der Waals surface area contributed by atoms with Gasteiger partial charge >= 0.3 is 19.9 Å². The molecule has 0 radical (unpaired) electrons. The number of nitriles is 1. The van der Waals surface area contributed by atoms with Crippen molar-refractivity contribution < 1.29 is 61.7 Å². The second-order valence-electron chi connectivity index (χ2n) is 16.6. The van der Waals surface area contributed by atoms with Gasteiger partial charge in [-0.3, -0.25) is 32.5 Å². The Hall–Kier alpha value is -5.93. The molecule has 24 heteroatoms. The van der Waals surface area contributed by atoms with Crippen LogP contribution in [0.4, 0.5) is 10.6 Å². The lowest BCUT2D eigenvalue weighted by Gasteiger charge is -2.23. The van der Waals surface area contributed by atoms with Crippen molar-refractivity contribution in [1.82, 2.24) is 30.2 Å². The Morgan fingerprint density at radius 1 is 0.849 bits per heavy atom. The molecule has 2 aliphatic rings. The third kappa shape index (κ3) is 15.5. The molecule has 388 valence electrons. The summed E-state index contributed by atoms with van der Waals surface area (Å²) < 4.78 is 49.5. The van der Waals surface area contributed by atoms with E-state index in [1.807, 2.05) is 30.3 Å². The quantitative estimate of drug-likeness (QED) is 0.0142. The highest BCUT2D eigenvalue weighted by Crippen LogP contribution is 2.53. The number of phosphoric ester groups is 1. The molecule has 0 spiro atoms. The number of carbonyl (C=O) groups is 4. The van der Waals surface area contributed by atoms with E-state index in [1.165, 1.54) is 12.7 Å². The maximum atomic E-state index is 13.9. The standard InChI is InChI=1S/C49H57N8O13PS2/c50-19-5-23-67-71(64,68-24-8-26-73-72-25-7-22-65-44(61)18-17-42(60)51-20-6-21-58)70-40-27-43(69-41(40)29-59)57-32-55-45-46(53-31-54-47(45)57)56-48(62)34-15-13-33(14-16-34)28-52-49(63)66-30-39-37-11-3-1-9-35(37)36-10-2-4-12-38(36)39/h1-4,9-16,31-32,39-41,43,58-59H,5-8,17-18,20-30H2,(H,51,60)(H,52,63)(H,53,54,56,62)/t40?,41-,43-,71?/m1/s1. The number of carbonyl (C=O) groups excluding carboxylic acids is 4. The van der Waals surface area contributed by atoms with Crippen LogP contribution in [0.3, 0.4) is 0 Å². The predicted molar refractivity (Wildman–Crippen MR) is 271 cm³/mol. The van der Waals surface area contributed by atoms with E-state index >= 15 is 0 Å². The number of aliphatic hydroxyl groups is 2. The number of hydrogen-bond acceptors (Lipinski definition) is 19. The average Bonchev–Trinajstić information content (AvgIpc) is 4.11. The van der Waals surface area contributed by atoms with Gasteiger partial charge in [-0.05, 0) is 59.2 Å². The summed E-state index contributed by atoms with van der Waals surface area (Å²) >= 11 is 0. The zero-order chi connectivity index (χ0) is 51.4. The molecular weight excluding hydrogens is 1000 g/mol. The van der Waals surface area contributed by atoms with E-state index in [-0.39, 0.29) is 88.4 Å². The summed E-state index contributed by atoms with van der Waals surface area (Å²) in [6, 6.07) is 24.9. The van der Waals surface area contributed by atoms with Gasteiger partial charge in [-0.15, -0.1) is 0 Å². The number of phosphoric acid groups is 1. The monoisotopic (exact) mass is 1060 g/mol. The topological polar surface area (TPSA) is 285 Å². The first-order valence-electron chi connectivity index (χ1n) is 23.7. The lowest BCUT2D eigenvalue weighted by Crippen LogP contribution is -2.27. The number of nitrogens with zero attached hydrogens (tertiary/aromatic N) is 5. The summed E-state index contributed by atoms with van der Waals surface area (Å²) in [6.07, 6.45) is 0.969. The molecule has 1 saturated heterocycles. The van der Waals surface area contributed by atoms with Crippen LogP contribution in [0.5, 0.6) is 0 Å². The van der Waals surface area contributed by atoms with Gasteiger partial charge in [0.25, 0.3) is 5.91 Å². The number of esters is 1. The lowest BCUT2D eigenvalue weighted by molar-refractivity contribution is -0.145. The molecule has 5 aromatic rings. The molecule has 1 fully saturated rings. The van der Waals surface area contributed by atoms with E-state index in [0.717, 1.165) is 27.8 Å². The zero-order valence-corrected chi connectivity index (χ0v) is 42.3. The van der Waals surface area contributed by atoms with Crippen molar-refractivity contribution in [1.29, 1.82) is 5.26 Å². The van der Waals surface area contributed by atoms with Gasteiger partial charge in [0.1, 0.15) is 31.4 Å². The Morgan fingerprint density at radius 3 is 2.27 bits per heavy atom. The van der Waals surface area contributed by atoms with Crippen LogP contribution in [0.25, 0.3) is 22.3 Å². The first-order chi connectivity index (χ1) is 35.6. The minimum absolute atomic E-state index is 0.00591. The highest BCUT2D eigenvalue weighted by molar-refractivity contribution is 8.76. The zero-order valence-electron chi connectivity index (χ0n) is 39.8. The van der Waals surface area contributed by atoms with E-state index in [2.05, 4.69) is 55.2 Å². The number of benzene rings is 3. The van der Waals surface area contributed by atoms with Crippen LogP contribution in [0.2, 0.25) is 0 Å². The third-order valence-corrected chi connectivity index (χ3v) is 15.6. The molecule has 3 aromatic carbocycles. The Labute approximate surface area is 429 Å². The van der Waals surface area contributed by atoms with Gasteiger partial charge in [-0.2, -0.15) is 5.26 Å². The molecule has 7 rings (SSSR count). The highest BCUT2D eigenvalue weighted by atomic mass is 33.1. The minimum Gasteiger partial charge on any atom is -0.466 e. The molecule has 5 N–H and O–H groups in total. The number of anilines is 1. The second kappa shape index (κ2) is 27.9. The van der Waals surface area contributed by atoms with Gasteiger partial charge in [-0.25, -0.2) is 24.3 Å². The van der Waals surface area contributed by atoms with Crippen molar-refractivity contribution in [2.45, 2.75) is 75.8 Å². The summed E-state index contributed by atoms with van der Waals surface area (Å²) in [4.78, 5) is 62.9. The van der Waals surface area contributed by atoms with Crippen molar-refractivity contribution >= 4 is 70.3 Å². The van der Waals surface area contributed by atoms with Crippen molar-refractivity contribution in [3.8, 4) is 17.2 Å². The van der Waals surface area contributed by atoms with Crippen LogP contribution in [-0.4, -0.2) is 124 Å². The second-order valence-corrected chi connectivity index (χ2v) is 20.9. The molecule has 73 heavy (non-hydrogen) atoms. The third-order valence-electron chi connectivity index (χ3n) is 11.5. The molecule has 0 saturated carbocycles. The number of aliphatic hydroxyl groups excluding tert-OH is 2. The van der Waals surface area contributed by atoms with Crippen LogP contribution in [0.15, 0.2) is 85.5 Å². The van der Waals surface area contributed by atoms with E-state index in [9.17, 15) is 28.8 Å². The molecule has 0 bridgehead atoms. The molecule has 2 unspecified atom stereocenters. The number of imidazole rings is 1. The number of fused-ring (bicyclic) bond motifs is 4. The number of nitrogens with one attached hydrogen (secondary N) is 3. The molecule has 21 nitrogen and oxygen atoms in total. The Kier molecular flexibility index (Phi) is 21.0. The molecule has 3 amide bonds. The van der Waals surface area contributed by atoms with Gasteiger partial charge < -0.3 is 40.4 Å². The Balaban J connectivity index is 0.843. The minimum atomic E-state index is -4.25. The Morgan fingerprint density at radius 2 is 1.56 bits per heavy atom. The predicted octanol–water partition coefficient (Wildman–Crippen LogP) is 6.82. The number of alkyl carbamates (subject to hydrolysis) is 1. The number of rotatable bonds is 29. The number of ether oxygens (including phenoxy) is 3. The fraction of sp³-hybridized carbons (Fsp3) is 0.429. The maximum Gasteiger partial charge on any atom is 0.475 e. The molecule has 3 heterocycles. The van der Waals surface area contributed by atoms with Crippen LogP contribution in [0, 0.1) is 11.3 Å². The van der Waals surface area contributed by atoms with Gasteiger partial charge in [0.2, 0.25) is 5.91 Å². The lowest BCUT2D eigenvalue weighted by atomic mass is 9.98. The normalized spacial score (nSPS) is 16.8. The number of aromatic nitrogens is 4. The molecule has 2 aromatic heterocycles.